The second-order valence-corrected chi connectivity index (χ2v) is 5.71. The predicted octanol–water partition coefficient (Wildman–Crippen LogP) is 3.16. The first-order valence-electron chi connectivity index (χ1n) is 7.98. The lowest BCUT2D eigenvalue weighted by Crippen LogP contribution is -2.15. The number of rotatable bonds is 6. The summed E-state index contributed by atoms with van der Waals surface area (Å²) in [5.41, 5.74) is 3.03. The number of ketones is 1. The summed E-state index contributed by atoms with van der Waals surface area (Å²) in [6, 6.07) is 6.88. The van der Waals surface area contributed by atoms with Crippen LogP contribution in [-0.4, -0.2) is 35.9 Å². The van der Waals surface area contributed by atoms with E-state index in [4.69, 9.17) is 9.47 Å². The van der Waals surface area contributed by atoms with Crippen LogP contribution in [0.15, 0.2) is 24.3 Å². The minimum atomic E-state index is -0.570. The number of hydrogen-bond acceptors (Lipinski definition) is 5. The zero-order chi connectivity index (χ0) is 18.6. The number of aromatic nitrogens is 1. The molecule has 0 amide bonds. The molecule has 0 saturated carbocycles. The Labute approximate surface area is 146 Å². The highest BCUT2D eigenvalue weighted by Crippen LogP contribution is 2.19. The summed E-state index contributed by atoms with van der Waals surface area (Å²) in [5, 5.41) is 0. The molecule has 25 heavy (non-hydrogen) atoms. The molecule has 1 heterocycles. The smallest absolute Gasteiger partial charge is 0.340 e. The van der Waals surface area contributed by atoms with Crippen molar-refractivity contribution in [3.05, 3.63) is 57.9 Å². The molecule has 2 aromatic rings. The van der Waals surface area contributed by atoms with E-state index in [0.29, 0.717) is 22.4 Å². The van der Waals surface area contributed by atoms with Crippen molar-refractivity contribution < 1.29 is 23.9 Å². The highest BCUT2D eigenvalue weighted by atomic mass is 16.5. The minimum absolute atomic E-state index is 0.247. The van der Waals surface area contributed by atoms with Crippen molar-refractivity contribution in [2.24, 2.45) is 0 Å². The molecule has 0 atom stereocenters. The molecule has 132 valence electrons. The Morgan fingerprint density at radius 2 is 1.60 bits per heavy atom. The highest BCUT2D eigenvalue weighted by Gasteiger charge is 2.23. The molecule has 0 radical (unpaired) electrons. The quantitative estimate of drug-likeness (QED) is 0.643. The molecular weight excluding hydrogens is 322 g/mol. The lowest BCUT2D eigenvalue weighted by Gasteiger charge is -2.05. The molecule has 2 rings (SSSR count). The van der Waals surface area contributed by atoms with Gasteiger partial charge in [-0.25, -0.2) is 9.59 Å². The van der Waals surface area contributed by atoms with E-state index in [1.165, 1.54) is 0 Å². The topological polar surface area (TPSA) is 85.5 Å². The summed E-state index contributed by atoms with van der Waals surface area (Å²) < 4.78 is 10.1. The van der Waals surface area contributed by atoms with Crippen molar-refractivity contribution >= 4 is 17.7 Å². The van der Waals surface area contributed by atoms with Gasteiger partial charge < -0.3 is 14.5 Å². The Bertz CT molecular complexity index is 802. The molecule has 0 spiro atoms. The van der Waals surface area contributed by atoms with Crippen molar-refractivity contribution in [1.29, 1.82) is 0 Å². The van der Waals surface area contributed by atoms with Gasteiger partial charge in [-0.1, -0.05) is 17.7 Å². The molecule has 1 aromatic carbocycles. The lowest BCUT2D eigenvalue weighted by molar-refractivity contribution is 0.0472. The van der Waals surface area contributed by atoms with E-state index in [1.54, 1.807) is 45.0 Å². The molecule has 6 nitrogen and oxygen atoms in total. The summed E-state index contributed by atoms with van der Waals surface area (Å²) in [6.45, 7) is 6.82. The summed E-state index contributed by atoms with van der Waals surface area (Å²) in [5.74, 6) is -1.46. The van der Waals surface area contributed by atoms with Crippen molar-refractivity contribution in [3.63, 3.8) is 0 Å². The van der Waals surface area contributed by atoms with Crippen LogP contribution in [-0.2, 0) is 9.47 Å². The number of carbonyl (C=O) groups is 3. The molecule has 1 N–H and O–H groups in total. The monoisotopic (exact) mass is 343 g/mol. The minimum Gasteiger partial charge on any atom is -0.462 e. The molecule has 6 heteroatoms. The molecular formula is C19H21NO5. The largest absolute Gasteiger partial charge is 0.462 e. The fourth-order valence-electron chi connectivity index (χ4n) is 2.51. The summed E-state index contributed by atoms with van der Waals surface area (Å²) in [7, 11) is 0. The van der Waals surface area contributed by atoms with Crippen LogP contribution in [0, 0.1) is 20.8 Å². The second kappa shape index (κ2) is 7.79. The maximum Gasteiger partial charge on any atom is 0.340 e. The summed E-state index contributed by atoms with van der Waals surface area (Å²) in [6.07, 6.45) is 0. The molecule has 0 aliphatic carbocycles. The molecule has 0 aliphatic rings. The Morgan fingerprint density at radius 3 is 2.20 bits per heavy atom. The van der Waals surface area contributed by atoms with Gasteiger partial charge >= 0.3 is 11.9 Å². The number of carbonyl (C=O) groups excluding carboxylic acids is 3. The van der Waals surface area contributed by atoms with Gasteiger partial charge in [-0.05, 0) is 45.4 Å². The average Bonchev–Trinajstić information content (AvgIpc) is 2.88. The number of H-pyrrole nitrogens is 1. The standard InChI is InChI=1S/C19H21NO5/c1-5-24-19(23)16-12(3)17(20-13(16)4)15(21)10-25-18(22)14-8-6-11(2)7-9-14/h6-9,20H,5,10H2,1-4H3. The van der Waals surface area contributed by atoms with E-state index in [1.807, 2.05) is 6.92 Å². The number of hydrogen-bond donors (Lipinski definition) is 1. The van der Waals surface area contributed by atoms with Crippen LogP contribution < -0.4 is 0 Å². The van der Waals surface area contributed by atoms with Crippen LogP contribution >= 0.6 is 0 Å². The lowest BCUT2D eigenvalue weighted by atomic mass is 10.1. The number of Topliss-reactive ketones (excluding diaryl/α,β-unsaturated/α-hetero) is 1. The van der Waals surface area contributed by atoms with Gasteiger partial charge in [-0.2, -0.15) is 0 Å². The SMILES string of the molecule is CCOC(=O)c1c(C)[nH]c(C(=O)COC(=O)c2ccc(C)cc2)c1C. The van der Waals surface area contributed by atoms with Gasteiger partial charge in [0.15, 0.2) is 6.61 Å². The Morgan fingerprint density at radius 1 is 0.960 bits per heavy atom. The number of benzene rings is 1. The van der Waals surface area contributed by atoms with E-state index in [2.05, 4.69) is 4.98 Å². The number of ether oxygens (including phenoxy) is 2. The normalized spacial score (nSPS) is 10.4. The van der Waals surface area contributed by atoms with Crippen molar-refractivity contribution in [2.45, 2.75) is 27.7 Å². The van der Waals surface area contributed by atoms with Crippen LogP contribution in [0.1, 0.15) is 54.9 Å². The van der Waals surface area contributed by atoms with E-state index in [-0.39, 0.29) is 12.3 Å². The van der Waals surface area contributed by atoms with Gasteiger partial charge in [0.1, 0.15) is 0 Å². The van der Waals surface area contributed by atoms with Gasteiger partial charge in [0.05, 0.1) is 23.4 Å². The highest BCUT2D eigenvalue weighted by molar-refractivity contribution is 6.03. The van der Waals surface area contributed by atoms with E-state index in [0.717, 1.165) is 5.56 Å². The third-order valence-electron chi connectivity index (χ3n) is 3.82. The van der Waals surface area contributed by atoms with E-state index < -0.39 is 24.3 Å². The molecule has 0 aliphatic heterocycles. The van der Waals surface area contributed by atoms with Crippen molar-refractivity contribution in [2.75, 3.05) is 13.2 Å². The first-order valence-corrected chi connectivity index (χ1v) is 7.98. The third-order valence-corrected chi connectivity index (χ3v) is 3.82. The molecule has 0 fully saturated rings. The van der Waals surface area contributed by atoms with E-state index >= 15 is 0 Å². The number of aryl methyl sites for hydroxylation is 2. The number of aromatic amines is 1. The van der Waals surface area contributed by atoms with E-state index in [9.17, 15) is 14.4 Å². The summed E-state index contributed by atoms with van der Waals surface area (Å²) in [4.78, 5) is 39.2. The number of nitrogens with one attached hydrogen (secondary N) is 1. The van der Waals surface area contributed by atoms with Crippen LogP contribution in [0.25, 0.3) is 0 Å². The van der Waals surface area contributed by atoms with Crippen LogP contribution in [0.5, 0.6) is 0 Å². The van der Waals surface area contributed by atoms with Crippen LogP contribution in [0.3, 0.4) is 0 Å². The zero-order valence-electron chi connectivity index (χ0n) is 14.8. The fraction of sp³-hybridized carbons (Fsp3) is 0.316. The van der Waals surface area contributed by atoms with Crippen LogP contribution in [0.2, 0.25) is 0 Å². The van der Waals surface area contributed by atoms with Gasteiger partial charge in [0.25, 0.3) is 0 Å². The molecule has 0 bridgehead atoms. The first-order chi connectivity index (χ1) is 11.8. The van der Waals surface area contributed by atoms with Gasteiger partial charge in [-0.15, -0.1) is 0 Å². The maximum absolute atomic E-state index is 12.3. The Kier molecular flexibility index (Phi) is 5.75. The molecule has 0 saturated heterocycles. The van der Waals surface area contributed by atoms with Gasteiger partial charge in [0, 0.05) is 5.69 Å². The van der Waals surface area contributed by atoms with Crippen LogP contribution in [0.4, 0.5) is 0 Å². The average molecular weight is 343 g/mol. The number of esters is 2. The van der Waals surface area contributed by atoms with Crippen molar-refractivity contribution in [3.8, 4) is 0 Å². The molecule has 1 aromatic heterocycles. The van der Waals surface area contributed by atoms with Gasteiger partial charge in [-0.3, -0.25) is 4.79 Å². The first kappa shape index (κ1) is 18.4. The third kappa shape index (κ3) is 4.15. The fourth-order valence-corrected chi connectivity index (χ4v) is 2.51. The zero-order valence-corrected chi connectivity index (χ0v) is 14.8. The summed E-state index contributed by atoms with van der Waals surface area (Å²) >= 11 is 0. The molecule has 0 unspecified atom stereocenters. The Hall–Kier alpha value is -2.89. The predicted molar refractivity (Wildman–Crippen MR) is 92.0 cm³/mol. The van der Waals surface area contributed by atoms with Gasteiger partial charge in [0.2, 0.25) is 5.78 Å². The maximum atomic E-state index is 12.3. The Balaban J connectivity index is 2.08. The second-order valence-electron chi connectivity index (χ2n) is 5.71. The van der Waals surface area contributed by atoms with Crippen molar-refractivity contribution in [1.82, 2.24) is 4.98 Å².